The first kappa shape index (κ1) is 16.1. The maximum absolute atomic E-state index is 10.3. The van der Waals surface area contributed by atoms with E-state index >= 15 is 0 Å². The Bertz CT molecular complexity index is 197. The second-order valence-electron chi connectivity index (χ2n) is 2.65. The molecule has 88 valence electrons. The molecule has 0 unspecified atom stereocenters. The number of hydrogen-bond donors (Lipinski definition) is 0. The first-order valence-electron chi connectivity index (χ1n) is 5.02. The van der Waals surface area contributed by atoms with Gasteiger partial charge >= 0.3 is 11.9 Å². The van der Waals surface area contributed by atoms with Crippen LogP contribution in [0.25, 0.3) is 0 Å². The van der Waals surface area contributed by atoms with Crippen molar-refractivity contribution in [3.63, 3.8) is 0 Å². The largest absolute Gasteiger partial charge is 0.466 e. The fourth-order valence-corrected chi connectivity index (χ4v) is 0.482. The molecule has 0 saturated heterocycles. The van der Waals surface area contributed by atoms with Gasteiger partial charge in [-0.25, -0.2) is 0 Å². The van der Waals surface area contributed by atoms with Crippen LogP contribution in [0.2, 0.25) is 0 Å². The molecule has 0 rings (SSSR count). The fraction of sp³-hybridized carbons (Fsp3) is 0.636. The molecule has 15 heavy (non-hydrogen) atoms. The van der Waals surface area contributed by atoms with E-state index in [2.05, 4.69) is 4.74 Å². The highest BCUT2D eigenvalue weighted by atomic mass is 16.5. The van der Waals surface area contributed by atoms with Gasteiger partial charge in [0, 0.05) is 13.3 Å². The predicted octanol–water partition coefficient (Wildman–Crippen LogP) is 2.43. The van der Waals surface area contributed by atoms with Crippen molar-refractivity contribution in [3.05, 3.63) is 12.3 Å². The number of carbonyl (C=O) groups excluding carboxylic acids is 2. The molecule has 0 amide bonds. The van der Waals surface area contributed by atoms with Crippen LogP contribution in [0.1, 0.15) is 40.5 Å². The molecule has 0 aliphatic rings. The van der Waals surface area contributed by atoms with Gasteiger partial charge in [0.15, 0.2) is 0 Å². The van der Waals surface area contributed by atoms with Crippen molar-refractivity contribution in [1.29, 1.82) is 0 Å². The van der Waals surface area contributed by atoms with E-state index in [1.54, 1.807) is 19.9 Å². The summed E-state index contributed by atoms with van der Waals surface area (Å²) in [4.78, 5) is 20.3. The minimum atomic E-state index is -0.280. The Morgan fingerprint density at radius 1 is 1.27 bits per heavy atom. The van der Waals surface area contributed by atoms with E-state index < -0.39 is 0 Å². The summed E-state index contributed by atoms with van der Waals surface area (Å²) in [5.74, 6) is -0.384. The van der Waals surface area contributed by atoms with Crippen LogP contribution in [-0.2, 0) is 19.1 Å². The monoisotopic (exact) mass is 216 g/mol. The van der Waals surface area contributed by atoms with Crippen LogP contribution in [0, 0.1) is 0 Å². The van der Waals surface area contributed by atoms with Gasteiger partial charge in [0.25, 0.3) is 0 Å². The second-order valence-corrected chi connectivity index (χ2v) is 2.65. The van der Waals surface area contributed by atoms with E-state index in [0.717, 1.165) is 6.42 Å². The summed E-state index contributed by atoms with van der Waals surface area (Å²) in [7, 11) is 0. The quantitative estimate of drug-likeness (QED) is 0.535. The van der Waals surface area contributed by atoms with Gasteiger partial charge in [0.05, 0.1) is 12.9 Å². The Kier molecular flexibility index (Phi) is 13.6. The van der Waals surface area contributed by atoms with E-state index in [4.69, 9.17) is 4.74 Å². The Morgan fingerprint density at radius 3 is 2.13 bits per heavy atom. The maximum atomic E-state index is 10.3. The average Bonchev–Trinajstić information content (AvgIpc) is 2.23. The molecule has 0 N–H and O–H groups in total. The zero-order chi connectivity index (χ0) is 12.1. The predicted molar refractivity (Wildman–Crippen MR) is 58.1 cm³/mol. The number of carbonyl (C=O) groups is 2. The van der Waals surface area contributed by atoms with Gasteiger partial charge in [-0.3, -0.25) is 9.59 Å². The number of hydrogen-bond acceptors (Lipinski definition) is 4. The topological polar surface area (TPSA) is 52.6 Å². The van der Waals surface area contributed by atoms with Crippen molar-refractivity contribution in [2.45, 2.75) is 40.5 Å². The summed E-state index contributed by atoms with van der Waals surface area (Å²) < 4.78 is 9.07. The van der Waals surface area contributed by atoms with Gasteiger partial charge in [-0.2, -0.15) is 0 Å². The first-order valence-corrected chi connectivity index (χ1v) is 5.02. The van der Waals surface area contributed by atoms with Gasteiger partial charge < -0.3 is 9.47 Å². The number of allylic oxidation sites excluding steroid dienone is 1. The minimum absolute atomic E-state index is 0.105. The molecule has 0 aliphatic heterocycles. The molecule has 0 heterocycles. The van der Waals surface area contributed by atoms with E-state index in [0.29, 0.717) is 13.0 Å². The molecule has 0 aromatic heterocycles. The summed E-state index contributed by atoms with van der Waals surface area (Å²) >= 11 is 0. The first-order chi connectivity index (χ1) is 7.08. The molecule has 0 atom stereocenters. The van der Waals surface area contributed by atoms with Crippen LogP contribution < -0.4 is 0 Å². The Hall–Kier alpha value is -1.32. The number of rotatable bonds is 4. The third kappa shape index (κ3) is 19.2. The van der Waals surface area contributed by atoms with Crippen molar-refractivity contribution in [2.24, 2.45) is 0 Å². The zero-order valence-electron chi connectivity index (χ0n) is 9.91. The Morgan fingerprint density at radius 2 is 1.87 bits per heavy atom. The summed E-state index contributed by atoms with van der Waals surface area (Å²) in [6, 6.07) is 0. The van der Waals surface area contributed by atoms with E-state index in [9.17, 15) is 9.59 Å². The van der Waals surface area contributed by atoms with Crippen molar-refractivity contribution in [3.8, 4) is 0 Å². The highest BCUT2D eigenvalue weighted by Gasteiger charge is 1.93. The summed E-state index contributed by atoms with van der Waals surface area (Å²) in [5.41, 5.74) is 0. The molecule has 4 heteroatoms. The third-order valence-corrected chi connectivity index (χ3v) is 1.13. The van der Waals surface area contributed by atoms with Gasteiger partial charge in [0.2, 0.25) is 0 Å². The van der Waals surface area contributed by atoms with Gasteiger partial charge in [-0.05, 0) is 13.3 Å². The number of esters is 2. The highest BCUT2D eigenvalue weighted by molar-refractivity contribution is 5.68. The SMILES string of the molecule is CC=COC(C)=O.CCCOC(=O)CC. The molecule has 0 radical (unpaired) electrons. The molecule has 0 aromatic carbocycles. The Balaban J connectivity index is 0. The van der Waals surface area contributed by atoms with Crippen LogP contribution in [-0.4, -0.2) is 18.5 Å². The lowest BCUT2D eigenvalue weighted by Gasteiger charge is -1.97. The van der Waals surface area contributed by atoms with Gasteiger partial charge in [-0.1, -0.05) is 19.9 Å². The Labute approximate surface area is 91.3 Å². The summed E-state index contributed by atoms with van der Waals surface area (Å²) in [6.45, 7) is 7.47. The average molecular weight is 216 g/mol. The second kappa shape index (κ2) is 12.7. The molecular formula is C11H20O4. The standard InChI is InChI=1S/C6H12O2.C5H8O2/c1-3-5-8-6(7)4-2;1-3-4-7-5(2)6/h3-5H2,1-2H3;3-4H,1-2H3. The van der Waals surface area contributed by atoms with E-state index in [1.165, 1.54) is 13.2 Å². The fourth-order valence-electron chi connectivity index (χ4n) is 0.482. The molecular weight excluding hydrogens is 196 g/mol. The normalized spacial score (nSPS) is 9.07. The van der Waals surface area contributed by atoms with Crippen LogP contribution in [0.5, 0.6) is 0 Å². The summed E-state index contributed by atoms with van der Waals surface area (Å²) in [6.07, 6.45) is 4.40. The number of ether oxygens (including phenoxy) is 2. The third-order valence-electron chi connectivity index (χ3n) is 1.13. The molecule has 0 fully saturated rings. The lowest BCUT2D eigenvalue weighted by Crippen LogP contribution is -2.02. The lowest BCUT2D eigenvalue weighted by molar-refractivity contribution is -0.143. The van der Waals surface area contributed by atoms with Crippen LogP contribution in [0.3, 0.4) is 0 Å². The minimum Gasteiger partial charge on any atom is -0.466 e. The zero-order valence-corrected chi connectivity index (χ0v) is 9.91. The lowest BCUT2D eigenvalue weighted by atomic mass is 10.5. The van der Waals surface area contributed by atoms with E-state index in [-0.39, 0.29) is 11.9 Å². The van der Waals surface area contributed by atoms with Crippen molar-refractivity contribution < 1.29 is 19.1 Å². The molecule has 0 saturated carbocycles. The van der Waals surface area contributed by atoms with Crippen molar-refractivity contribution in [1.82, 2.24) is 0 Å². The smallest absolute Gasteiger partial charge is 0.307 e. The maximum Gasteiger partial charge on any atom is 0.307 e. The molecule has 0 aromatic rings. The van der Waals surface area contributed by atoms with Gasteiger partial charge in [0.1, 0.15) is 0 Å². The van der Waals surface area contributed by atoms with Crippen molar-refractivity contribution in [2.75, 3.05) is 6.61 Å². The van der Waals surface area contributed by atoms with Gasteiger partial charge in [-0.15, -0.1) is 0 Å². The molecule has 0 aliphatic carbocycles. The van der Waals surface area contributed by atoms with Crippen LogP contribution in [0.4, 0.5) is 0 Å². The molecule has 0 spiro atoms. The summed E-state index contributed by atoms with van der Waals surface area (Å²) in [5, 5.41) is 0. The van der Waals surface area contributed by atoms with Crippen LogP contribution in [0.15, 0.2) is 12.3 Å². The van der Waals surface area contributed by atoms with E-state index in [1.807, 2.05) is 6.92 Å². The highest BCUT2D eigenvalue weighted by Crippen LogP contribution is 1.85. The van der Waals surface area contributed by atoms with Crippen molar-refractivity contribution >= 4 is 11.9 Å². The molecule has 4 nitrogen and oxygen atoms in total. The van der Waals surface area contributed by atoms with Crippen LogP contribution >= 0.6 is 0 Å². The molecule has 0 bridgehead atoms.